The molecular formula is C12H15Cl2NO. The van der Waals surface area contributed by atoms with Gasteiger partial charge in [0.1, 0.15) is 5.75 Å². The summed E-state index contributed by atoms with van der Waals surface area (Å²) in [7, 11) is 0. The second-order valence-electron chi connectivity index (χ2n) is 4.52. The average Bonchev–Trinajstić information content (AvgIpc) is 2.60. The van der Waals surface area contributed by atoms with Crippen molar-refractivity contribution in [2.75, 3.05) is 13.1 Å². The molecule has 16 heavy (non-hydrogen) atoms. The summed E-state index contributed by atoms with van der Waals surface area (Å²) in [6.45, 7) is 5.11. The number of rotatable bonds is 2. The van der Waals surface area contributed by atoms with Gasteiger partial charge >= 0.3 is 0 Å². The van der Waals surface area contributed by atoms with Gasteiger partial charge in [0.05, 0.1) is 5.02 Å². The molecule has 0 bridgehead atoms. The number of halogens is 2. The molecule has 1 fully saturated rings. The fraction of sp³-hybridized carbons (Fsp3) is 0.500. The molecule has 1 aromatic rings. The van der Waals surface area contributed by atoms with E-state index in [0.717, 1.165) is 31.1 Å². The number of phenolic OH excluding ortho intramolecular Hbond substituents is 1. The lowest BCUT2D eigenvalue weighted by Gasteiger charge is -2.16. The minimum absolute atomic E-state index is 0.158. The molecule has 0 saturated carbocycles. The van der Waals surface area contributed by atoms with Crippen LogP contribution < -0.4 is 0 Å². The van der Waals surface area contributed by atoms with Crippen LogP contribution in [0.3, 0.4) is 0 Å². The number of nitrogens with zero attached hydrogens (tertiary/aromatic N) is 1. The van der Waals surface area contributed by atoms with Crippen molar-refractivity contribution in [2.24, 2.45) is 5.92 Å². The zero-order valence-electron chi connectivity index (χ0n) is 9.21. The Bertz CT molecular complexity index is 395. The standard InChI is InChI=1S/C12H15Cl2NO/c1-8-2-3-15(6-8)7-9-4-10(13)5-11(14)12(9)16/h4-5,8,16H,2-3,6-7H2,1H3. The molecule has 88 valence electrons. The lowest BCUT2D eigenvalue weighted by Crippen LogP contribution is -2.19. The van der Waals surface area contributed by atoms with E-state index < -0.39 is 0 Å². The Kier molecular flexibility index (Phi) is 3.63. The number of aromatic hydroxyl groups is 1. The summed E-state index contributed by atoms with van der Waals surface area (Å²) in [5.74, 6) is 0.891. The van der Waals surface area contributed by atoms with Gasteiger partial charge in [-0.25, -0.2) is 0 Å². The van der Waals surface area contributed by atoms with E-state index in [0.29, 0.717) is 10.0 Å². The Morgan fingerprint density at radius 1 is 1.44 bits per heavy atom. The molecule has 0 aliphatic carbocycles. The third kappa shape index (κ3) is 2.62. The number of likely N-dealkylation sites (tertiary alicyclic amines) is 1. The predicted molar refractivity (Wildman–Crippen MR) is 67.2 cm³/mol. The van der Waals surface area contributed by atoms with Crippen LogP contribution in [0.15, 0.2) is 12.1 Å². The highest BCUT2D eigenvalue weighted by molar-refractivity contribution is 6.35. The van der Waals surface area contributed by atoms with Crippen LogP contribution in [0.2, 0.25) is 10.0 Å². The van der Waals surface area contributed by atoms with E-state index in [1.54, 1.807) is 12.1 Å². The number of phenols is 1. The van der Waals surface area contributed by atoms with Crippen LogP contribution in [-0.2, 0) is 6.54 Å². The molecule has 2 rings (SSSR count). The smallest absolute Gasteiger partial charge is 0.138 e. The Balaban J connectivity index is 2.15. The monoisotopic (exact) mass is 259 g/mol. The molecule has 1 aliphatic rings. The predicted octanol–water partition coefficient (Wildman–Crippen LogP) is 3.54. The van der Waals surface area contributed by atoms with Crippen molar-refractivity contribution in [1.82, 2.24) is 4.90 Å². The van der Waals surface area contributed by atoms with Crippen LogP contribution in [0.1, 0.15) is 18.9 Å². The third-order valence-electron chi connectivity index (χ3n) is 3.01. The van der Waals surface area contributed by atoms with Crippen LogP contribution in [0.4, 0.5) is 0 Å². The van der Waals surface area contributed by atoms with Crippen LogP contribution in [0.5, 0.6) is 5.75 Å². The molecule has 0 radical (unpaired) electrons. The van der Waals surface area contributed by atoms with E-state index in [1.165, 1.54) is 6.42 Å². The first-order valence-corrected chi connectivity index (χ1v) is 6.21. The normalized spacial score (nSPS) is 21.6. The zero-order chi connectivity index (χ0) is 11.7. The molecular weight excluding hydrogens is 245 g/mol. The number of hydrogen-bond acceptors (Lipinski definition) is 2. The fourth-order valence-corrected chi connectivity index (χ4v) is 2.69. The lowest BCUT2D eigenvalue weighted by atomic mass is 10.1. The molecule has 1 unspecified atom stereocenters. The van der Waals surface area contributed by atoms with Crippen molar-refractivity contribution in [2.45, 2.75) is 19.9 Å². The molecule has 4 heteroatoms. The maximum atomic E-state index is 9.83. The van der Waals surface area contributed by atoms with E-state index in [2.05, 4.69) is 11.8 Å². The number of hydrogen-bond donors (Lipinski definition) is 1. The van der Waals surface area contributed by atoms with Crippen molar-refractivity contribution in [3.63, 3.8) is 0 Å². The Morgan fingerprint density at radius 3 is 2.81 bits per heavy atom. The van der Waals surface area contributed by atoms with E-state index in [9.17, 15) is 5.11 Å². The zero-order valence-corrected chi connectivity index (χ0v) is 10.7. The average molecular weight is 260 g/mol. The first-order valence-electron chi connectivity index (χ1n) is 5.45. The van der Waals surface area contributed by atoms with Gasteiger partial charge in [0, 0.05) is 23.7 Å². The Labute approximate surface area is 106 Å². The molecule has 1 saturated heterocycles. The summed E-state index contributed by atoms with van der Waals surface area (Å²) >= 11 is 11.8. The van der Waals surface area contributed by atoms with E-state index >= 15 is 0 Å². The molecule has 0 spiro atoms. The van der Waals surface area contributed by atoms with E-state index in [-0.39, 0.29) is 5.75 Å². The molecule has 1 N–H and O–H groups in total. The van der Waals surface area contributed by atoms with Gasteiger partial charge in [-0.1, -0.05) is 30.1 Å². The SMILES string of the molecule is CC1CCN(Cc2cc(Cl)cc(Cl)c2O)C1. The molecule has 1 heterocycles. The first kappa shape index (κ1) is 12.0. The Hall–Kier alpha value is -0.440. The van der Waals surface area contributed by atoms with Gasteiger partial charge in [-0.3, -0.25) is 4.90 Å². The van der Waals surface area contributed by atoms with Gasteiger partial charge in [0.15, 0.2) is 0 Å². The van der Waals surface area contributed by atoms with Crippen LogP contribution in [0, 0.1) is 5.92 Å². The summed E-state index contributed by atoms with van der Waals surface area (Å²) < 4.78 is 0. The molecule has 0 amide bonds. The maximum Gasteiger partial charge on any atom is 0.138 e. The van der Waals surface area contributed by atoms with Crippen molar-refractivity contribution in [1.29, 1.82) is 0 Å². The first-order chi connectivity index (χ1) is 7.56. The van der Waals surface area contributed by atoms with E-state index in [1.807, 2.05) is 0 Å². The summed E-state index contributed by atoms with van der Waals surface area (Å²) in [5, 5.41) is 10.7. The van der Waals surface area contributed by atoms with Gasteiger partial charge in [-0.2, -0.15) is 0 Å². The van der Waals surface area contributed by atoms with Crippen molar-refractivity contribution in [3.8, 4) is 5.75 Å². The van der Waals surface area contributed by atoms with Gasteiger partial charge < -0.3 is 5.11 Å². The number of benzene rings is 1. The highest BCUT2D eigenvalue weighted by atomic mass is 35.5. The summed E-state index contributed by atoms with van der Waals surface area (Å²) in [6.07, 6.45) is 1.22. The second-order valence-corrected chi connectivity index (χ2v) is 5.37. The van der Waals surface area contributed by atoms with Gasteiger partial charge in [0.2, 0.25) is 0 Å². The van der Waals surface area contributed by atoms with Crippen molar-refractivity contribution in [3.05, 3.63) is 27.7 Å². The summed E-state index contributed by atoms with van der Waals surface area (Å²) in [4.78, 5) is 2.31. The van der Waals surface area contributed by atoms with Crippen LogP contribution in [-0.4, -0.2) is 23.1 Å². The third-order valence-corrected chi connectivity index (χ3v) is 3.52. The molecule has 2 nitrogen and oxygen atoms in total. The van der Waals surface area contributed by atoms with Crippen molar-refractivity contribution >= 4 is 23.2 Å². The Morgan fingerprint density at radius 2 is 2.19 bits per heavy atom. The summed E-state index contributed by atoms with van der Waals surface area (Å²) in [5.41, 5.74) is 0.812. The van der Waals surface area contributed by atoms with Crippen LogP contribution >= 0.6 is 23.2 Å². The fourth-order valence-electron chi connectivity index (χ4n) is 2.15. The molecule has 1 aromatic carbocycles. The maximum absolute atomic E-state index is 9.83. The topological polar surface area (TPSA) is 23.5 Å². The quantitative estimate of drug-likeness (QED) is 0.879. The minimum atomic E-state index is 0.158. The highest BCUT2D eigenvalue weighted by Gasteiger charge is 2.20. The lowest BCUT2D eigenvalue weighted by molar-refractivity contribution is 0.314. The van der Waals surface area contributed by atoms with Gasteiger partial charge in [-0.05, 0) is 31.0 Å². The largest absolute Gasteiger partial charge is 0.506 e. The summed E-state index contributed by atoms with van der Waals surface area (Å²) in [6, 6.07) is 3.35. The van der Waals surface area contributed by atoms with E-state index in [4.69, 9.17) is 23.2 Å². The molecule has 0 aromatic heterocycles. The van der Waals surface area contributed by atoms with Gasteiger partial charge in [-0.15, -0.1) is 0 Å². The second kappa shape index (κ2) is 4.82. The van der Waals surface area contributed by atoms with Gasteiger partial charge in [0.25, 0.3) is 0 Å². The minimum Gasteiger partial charge on any atom is -0.506 e. The van der Waals surface area contributed by atoms with Crippen molar-refractivity contribution < 1.29 is 5.11 Å². The highest BCUT2D eigenvalue weighted by Crippen LogP contribution is 2.32. The molecule has 1 aliphatic heterocycles. The van der Waals surface area contributed by atoms with Crippen LogP contribution in [0.25, 0.3) is 0 Å². The molecule has 1 atom stereocenters.